The van der Waals surface area contributed by atoms with Gasteiger partial charge in [0.05, 0.1) is 6.10 Å². The van der Waals surface area contributed by atoms with E-state index in [1.807, 2.05) is 32.3 Å². The van der Waals surface area contributed by atoms with E-state index in [-0.39, 0.29) is 11.9 Å². The third-order valence-corrected chi connectivity index (χ3v) is 4.20. The number of halogens is 1. The fourth-order valence-corrected chi connectivity index (χ4v) is 3.28. The van der Waals surface area contributed by atoms with Crippen molar-refractivity contribution in [2.45, 2.75) is 18.6 Å². The highest BCUT2D eigenvalue weighted by Gasteiger charge is 2.31. The van der Waals surface area contributed by atoms with Crippen molar-refractivity contribution < 1.29 is 5.11 Å². The Morgan fingerprint density at radius 2 is 2.25 bits per heavy atom. The van der Waals surface area contributed by atoms with Gasteiger partial charge in [-0.25, -0.2) is 0 Å². The smallest absolute Gasteiger partial charge is 0.123 e. The molecular formula is C14H21BrN4O. The summed E-state index contributed by atoms with van der Waals surface area (Å²) in [7, 11) is 4.08. The topological polar surface area (TPSA) is 76.6 Å². The van der Waals surface area contributed by atoms with Gasteiger partial charge in [0.2, 0.25) is 0 Å². The van der Waals surface area contributed by atoms with Crippen molar-refractivity contribution in [2.75, 3.05) is 32.1 Å². The van der Waals surface area contributed by atoms with E-state index in [1.54, 1.807) is 0 Å². The Morgan fingerprint density at radius 3 is 2.80 bits per heavy atom. The summed E-state index contributed by atoms with van der Waals surface area (Å²) in [5.41, 5.74) is 7.27. The van der Waals surface area contributed by atoms with Gasteiger partial charge in [0, 0.05) is 34.9 Å². The van der Waals surface area contributed by atoms with Gasteiger partial charge in [-0.2, -0.15) is 0 Å². The van der Waals surface area contributed by atoms with Crippen molar-refractivity contribution >= 4 is 27.5 Å². The van der Waals surface area contributed by atoms with Crippen molar-refractivity contribution in [2.24, 2.45) is 5.73 Å². The Morgan fingerprint density at radius 1 is 1.55 bits per heavy atom. The SMILES string of the molecule is CN(C)CC1CC(O)CN1c1ccc(C(=N)N)c(Br)c1. The zero-order chi connectivity index (χ0) is 14.9. The fourth-order valence-electron chi connectivity index (χ4n) is 2.70. The molecule has 0 aromatic heterocycles. The highest BCUT2D eigenvalue weighted by Crippen LogP contribution is 2.30. The second-order valence-electron chi connectivity index (χ2n) is 5.54. The van der Waals surface area contributed by atoms with Gasteiger partial charge in [-0.3, -0.25) is 5.41 Å². The van der Waals surface area contributed by atoms with Crippen molar-refractivity contribution in [3.05, 3.63) is 28.2 Å². The minimum atomic E-state index is -0.286. The standard InChI is InChI=1S/C14H21BrN4O/c1-18(2)7-10-5-11(20)8-19(10)9-3-4-12(14(16)17)13(15)6-9/h3-4,6,10-11,20H,5,7-8H2,1-2H3,(H3,16,17). The van der Waals surface area contributed by atoms with Crippen molar-refractivity contribution in [1.82, 2.24) is 4.90 Å². The number of nitrogens with one attached hydrogen (secondary N) is 1. The number of nitrogens with two attached hydrogens (primary N) is 1. The van der Waals surface area contributed by atoms with E-state index in [9.17, 15) is 5.11 Å². The number of aliphatic hydroxyl groups is 1. The molecule has 0 aliphatic carbocycles. The minimum Gasteiger partial charge on any atom is -0.391 e. The molecule has 2 rings (SSSR count). The lowest BCUT2D eigenvalue weighted by molar-refractivity contribution is 0.191. The van der Waals surface area contributed by atoms with Gasteiger partial charge >= 0.3 is 0 Å². The zero-order valence-corrected chi connectivity index (χ0v) is 13.4. The molecule has 1 heterocycles. The Kier molecular flexibility index (Phi) is 4.67. The molecule has 0 saturated carbocycles. The first-order chi connectivity index (χ1) is 9.38. The monoisotopic (exact) mass is 340 g/mol. The summed E-state index contributed by atoms with van der Waals surface area (Å²) in [6.07, 6.45) is 0.496. The number of anilines is 1. The maximum atomic E-state index is 9.93. The van der Waals surface area contributed by atoms with Crippen molar-refractivity contribution in [3.63, 3.8) is 0 Å². The van der Waals surface area contributed by atoms with Gasteiger partial charge in [-0.05, 0) is 54.6 Å². The van der Waals surface area contributed by atoms with E-state index in [1.165, 1.54) is 0 Å². The fraction of sp³-hybridized carbons (Fsp3) is 0.500. The number of benzene rings is 1. The maximum absolute atomic E-state index is 9.93. The van der Waals surface area contributed by atoms with E-state index in [0.29, 0.717) is 18.2 Å². The summed E-state index contributed by atoms with van der Waals surface area (Å²) in [5, 5.41) is 17.4. The number of β-amino-alcohol motifs (C(OH)–C–C–N with tert-alkyl or cyclic N) is 1. The third-order valence-electron chi connectivity index (χ3n) is 3.54. The van der Waals surface area contributed by atoms with Crippen LogP contribution in [0.4, 0.5) is 5.69 Å². The first-order valence-electron chi connectivity index (χ1n) is 6.62. The van der Waals surface area contributed by atoms with Crippen LogP contribution < -0.4 is 10.6 Å². The first kappa shape index (κ1) is 15.3. The van der Waals surface area contributed by atoms with Gasteiger partial charge in [-0.15, -0.1) is 0 Å². The van der Waals surface area contributed by atoms with Crippen LogP contribution in [0.5, 0.6) is 0 Å². The number of hydrogen-bond donors (Lipinski definition) is 3. The van der Waals surface area contributed by atoms with Gasteiger partial charge in [-0.1, -0.05) is 0 Å². The molecular weight excluding hydrogens is 320 g/mol. The summed E-state index contributed by atoms with van der Waals surface area (Å²) in [4.78, 5) is 4.36. The summed E-state index contributed by atoms with van der Waals surface area (Å²) in [6.45, 7) is 1.55. The quantitative estimate of drug-likeness (QED) is 0.569. The normalized spacial score (nSPS) is 22.6. The molecule has 1 aromatic rings. The Hall–Kier alpha value is -1.11. The van der Waals surface area contributed by atoms with E-state index in [0.717, 1.165) is 23.1 Å². The lowest BCUT2D eigenvalue weighted by atomic mass is 10.1. The summed E-state index contributed by atoms with van der Waals surface area (Å²) in [5.74, 6) is 0.0507. The molecule has 0 spiro atoms. The molecule has 1 saturated heterocycles. The zero-order valence-electron chi connectivity index (χ0n) is 11.8. The highest BCUT2D eigenvalue weighted by molar-refractivity contribution is 9.10. The van der Waals surface area contributed by atoms with Crippen LogP contribution in [0.15, 0.2) is 22.7 Å². The lowest BCUT2D eigenvalue weighted by Gasteiger charge is -2.29. The number of rotatable bonds is 4. The predicted molar refractivity (Wildman–Crippen MR) is 85.5 cm³/mol. The van der Waals surface area contributed by atoms with Crippen LogP contribution in [0.3, 0.4) is 0 Å². The molecule has 20 heavy (non-hydrogen) atoms. The Bertz CT molecular complexity index is 506. The van der Waals surface area contributed by atoms with E-state index < -0.39 is 0 Å². The summed E-state index contributed by atoms with van der Waals surface area (Å²) >= 11 is 3.46. The van der Waals surface area contributed by atoms with E-state index >= 15 is 0 Å². The lowest BCUT2D eigenvalue weighted by Crippen LogP contribution is -2.37. The minimum absolute atomic E-state index is 0.0507. The highest BCUT2D eigenvalue weighted by atomic mass is 79.9. The number of hydrogen-bond acceptors (Lipinski definition) is 4. The molecule has 0 bridgehead atoms. The number of amidine groups is 1. The molecule has 0 amide bonds. The average Bonchev–Trinajstić information content (AvgIpc) is 2.68. The van der Waals surface area contributed by atoms with Gasteiger partial charge < -0.3 is 20.6 Å². The largest absolute Gasteiger partial charge is 0.391 e. The molecule has 1 aliphatic rings. The Labute approximate surface area is 128 Å². The molecule has 110 valence electrons. The number of likely N-dealkylation sites (N-methyl/N-ethyl adjacent to an activating group) is 1. The molecule has 4 N–H and O–H groups in total. The number of aliphatic hydroxyl groups excluding tert-OH is 1. The van der Waals surface area contributed by atoms with Crippen LogP contribution in [0, 0.1) is 5.41 Å². The number of nitrogens with zero attached hydrogens (tertiary/aromatic N) is 2. The van der Waals surface area contributed by atoms with Crippen LogP contribution in [-0.2, 0) is 0 Å². The van der Waals surface area contributed by atoms with Crippen molar-refractivity contribution in [1.29, 1.82) is 5.41 Å². The molecule has 2 unspecified atom stereocenters. The van der Waals surface area contributed by atoms with Crippen LogP contribution >= 0.6 is 15.9 Å². The Balaban J connectivity index is 2.25. The van der Waals surface area contributed by atoms with Gasteiger partial charge in [0.15, 0.2) is 0 Å². The van der Waals surface area contributed by atoms with Crippen LogP contribution in [-0.4, -0.2) is 55.2 Å². The van der Waals surface area contributed by atoms with Gasteiger partial charge in [0.25, 0.3) is 0 Å². The second kappa shape index (κ2) is 6.11. The van der Waals surface area contributed by atoms with E-state index in [2.05, 4.69) is 25.7 Å². The third kappa shape index (κ3) is 3.31. The molecule has 2 atom stereocenters. The molecule has 1 aliphatic heterocycles. The van der Waals surface area contributed by atoms with E-state index in [4.69, 9.17) is 11.1 Å². The molecule has 0 radical (unpaired) electrons. The average molecular weight is 341 g/mol. The first-order valence-corrected chi connectivity index (χ1v) is 7.41. The van der Waals surface area contributed by atoms with Crippen LogP contribution in [0.1, 0.15) is 12.0 Å². The van der Waals surface area contributed by atoms with Crippen LogP contribution in [0.2, 0.25) is 0 Å². The molecule has 5 nitrogen and oxygen atoms in total. The molecule has 1 fully saturated rings. The number of nitrogen functional groups attached to an aromatic ring is 1. The molecule has 1 aromatic carbocycles. The predicted octanol–water partition coefficient (Wildman–Crippen LogP) is 1.23. The maximum Gasteiger partial charge on any atom is 0.123 e. The van der Waals surface area contributed by atoms with Gasteiger partial charge in [0.1, 0.15) is 5.84 Å². The second-order valence-corrected chi connectivity index (χ2v) is 6.39. The summed E-state index contributed by atoms with van der Waals surface area (Å²) in [6, 6.07) is 6.08. The summed E-state index contributed by atoms with van der Waals surface area (Å²) < 4.78 is 0.812. The van der Waals surface area contributed by atoms with Crippen molar-refractivity contribution in [3.8, 4) is 0 Å². The molecule has 6 heteroatoms. The van der Waals surface area contributed by atoms with Crippen LogP contribution in [0.25, 0.3) is 0 Å².